The van der Waals surface area contributed by atoms with E-state index >= 15 is 0 Å². The Morgan fingerprint density at radius 2 is 0.750 bits per heavy atom. The number of hydrogen-bond donors (Lipinski definition) is 0. The molecule has 0 atom stereocenters. The van der Waals surface area contributed by atoms with E-state index in [0.717, 1.165) is 0 Å². The van der Waals surface area contributed by atoms with Crippen LogP contribution < -0.4 is 0 Å². The maximum Gasteiger partial charge on any atom is 0 e. The van der Waals surface area contributed by atoms with Crippen LogP contribution in [0.3, 0.4) is 0 Å². The minimum atomic E-state index is 0. The smallest absolute Gasteiger partial charge is 0 e. The first-order chi connectivity index (χ1) is 7.27. The Morgan fingerprint density at radius 3 is 0.750 bits per heavy atom. The van der Waals surface area contributed by atoms with Crippen LogP contribution in [-0.4, -0.2) is 40.2 Å². The summed E-state index contributed by atoms with van der Waals surface area (Å²) in [5, 5.41) is 0. The molecule has 0 aromatic carbocycles. The standard InChI is InChI=1S/C4H7O.5CHO.Mn/c1-4(2)3-5;5*1-2;/h4H,1-2H3;5*1H;/q6*-1;. The van der Waals surface area contributed by atoms with Crippen molar-refractivity contribution < 1.29 is 45.8 Å². The van der Waals surface area contributed by atoms with Gasteiger partial charge in [0.05, 0.1) is 0 Å². The third-order valence-corrected chi connectivity index (χ3v) is 0.236. The largest absolute Gasteiger partial charge is 0.545 e. The normalized spacial score (nSPS) is 3.94. The molecule has 97 valence electrons. The van der Waals surface area contributed by atoms with Gasteiger partial charge in [0.15, 0.2) is 0 Å². The zero-order valence-electron chi connectivity index (χ0n) is 8.79. The zero-order valence-corrected chi connectivity index (χ0v) is 9.97. The SMILES string of the molecule is CC(C)[C-]=O.[CH-]=O.[CH-]=O.[CH-]=O.[CH-]=O.[CH-]=O.[Mn]. The van der Waals surface area contributed by atoms with E-state index in [1.54, 1.807) is 20.1 Å². The van der Waals surface area contributed by atoms with Crippen LogP contribution in [0.15, 0.2) is 0 Å². The van der Waals surface area contributed by atoms with Gasteiger partial charge in [-0.05, 0) is 0 Å². The summed E-state index contributed by atoms with van der Waals surface area (Å²) in [6, 6.07) is 0. The molecule has 6 nitrogen and oxygen atoms in total. The van der Waals surface area contributed by atoms with Crippen LogP contribution in [0.25, 0.3) is 0 Å². The molecule has 0 saturated carbocycles. The van der Waals surface area contributed by atoms with Crippen LogP contribution in [0.4, 0.5) is 0 Å². The molecule has 0 spiro atoms. The predicted molar refractivity (Wildman–Crippen MR) is 54.3 cm³/mol. The van der Waals surface area contributed by atoms with E-state index in [1.165, 1.54) is 0 Å². The molecule has 0 unspecified atom stereocenters. The number of hydrogen-bond acceptors (Lipinski definition) is 6. The first-order valence-corrected chi connectivity index (χ1v) is 2.83. The van der Waals surface area contributed by atoms with Crippen molar-refractivity contribution in [2.75, 3.05) is 0 Å². The summed E-state index contributed by atoms with van der Waals surface area (Å²) in [7, 11) is 0. The van der Waals surface area contributed by atoms with Gasteiger partial charge in [-0.25, -0.2) is 0 Å². The molecule has 0 aliphatic rings. The molecule has 0 fully saturated rings. The fraction of sp³-hybridized carbons (Fsp3) is 0.333. The summed E-state index contributed by atoms with van der Waals surface area (Å²) in [6.45, 7) is 19.8. The van der Waals surface area contributed by atoms with Crippen LogP contribution in [-0.2, 0) is 45.8 Å². The maximum atomic E-state index is 9.38. The molecular weight excluding hydrogens is 259 g/mol. The molecule has 0 N–H and O–H groups in total. The van der Waals surface area contributed by atoms with Gasteiger partial charge in [-0.3, -0.25) is 40.2 Å². The Hall–Kier alpha value is -1.46. The maximum absolute atomic E-state index is 9.38. The van der Waals surface area contributed by atoms with Gasteiger partial charge in [-0.15, -0.1) is 5.92 Å². The summed E-state index contributed by atoms with van der Waals surface area (Å²) in [5.74, 6) is 0.0787. The van der Waals surface area contributed by atoms with Crippen LogP contribution in [0, 0.1) is 5.92 Å². The Labute approximate surface area is 106 Å². The van der Waals surface area contributed by atoms with E-state index in [-0.39, 0.29) is 23.0 Å². The molecule has 0 bridgehead atoms. The second-order valence-electron chi connectivity index (χ2n) is 1.27. The van der Waals surface area contributed by atoms with Crippen molar-refractivity contribution in [3.05, 3.63) is 0 Å². The fourth-order valence-corrected chi connectivity index (χ4v) is 0. The van der Waals surface area contributed by atoms with E-state index in [1.807, 2.05) is 0 Å². The van der Waals surface area contributed by atoms with E-state index in [0.29, 0.717) is 0 Å². The average molecular weight is 271 g/mol. The third kappa shape index (κ3) is 5740. The van der Waals surface area contributed by atoms with E-state index < -0.39 is 0 Å². The van der Waals surface area contributed by atoms with Crippen LogP contribution >= 0.6 is 0 Å². The molecular formula is C9H12MnO6-6. The average Bonchev–Trinajstić information content (AvgIpc) is 2.41. The van der Waals surface area contributed by atoms with Crippen molar-refractivity contribution in [3.63, 3.8) is 0 Å². The van der Waals surface area contributed by atoms with Gasteiger partial charge in [-0.1, -0.05) is 13.8 Å². The minimum Gasteiger partial charge on any atom is -0.545 e. The van der Waals surface area contributed by atoms with E-state index in [9.17, 15) is 4.79 Å². The molecule has 0 amide bonds. The van der Waals surface area contributed by atoms with E-state index in [4.69, 9.17) is 24.0 Å². The molecule has 0 aromatic heterocycles. The van der Waals surface area contributed by atoms with Crippen molar-refractivity contribution in [2.45, 2.75) is 13.8 Å². The zero-order chi connectivity index (χ0) is 14.3. The molecule has 0 aromatic rings. The van der Waals surface area contributed by atoms with Gasteiger partial charge < -0.3 is 28.8 Å². The molecule has 16 heavy (non-hydrogen) atoms. The van der Waals surface area contributed by atoms with Crippen molar-refractivity contribution >= 4 is 40.2 Å². The molecule has 7 heteroatoms. The van der Waals surface area contributed by atoms with Gasteiger partial charge in [0.2, 0.25) is 0 Å². The minimum absolute atomic E-state index is 0. The van der Waals surface area contributed by atoms with Crippen LogP contribution in [0.2, 0.25) is 0 Å². The third-order valence-electron chi connectivity index (χ3n) is 0.236. The van der Waals surface area contributed by atoms with Crippen molar-refractivity contribution in [2.24, 2.45) is 5.92 Å². The van der Waals surface area contributed by atoms with Crippen molar-refractivity contribution in [1.82, 2.24) is 0 Å². The second kappa shape index (κ2) is 330. The molecule has 0 heterocycles. The molecule has 0 saturated heterocycles. The predicted octanol–water partition coefficient (Wildman–Crippen LogP) is -0.621. The second-order valence-corrected chi connectivity index (χ2v) is 1.27. The molecule has 0 aliphatic heterocycles. The fourth-order valence-electron chi connectivity index (χ4n) is 0. The summed E-state index contributed by atoms with van der Waals surface area (Å²) < 4.78 is 0. The summed E-state index contributed by atoms with van der Waals surface area (Å²) in [5.41, 5.74) is 0. The summed E-state index contributed by atoms with van der Waals surface area (Å²) in [4.78, 5) is 48.1. The van der Waals surface area contributed by atoms with Crippen LogP contribution in [0.5, 0.6) is 0 Å². The Morgan fingerprint density at radius 1 is 0.688 bits per heavy atom. The summed E-state index contributed by atoms with van der Waals surface area (Å²) >= 11 is 0. The molecule has 0 aliphatic carbocycles. The first kappa shape index (κ1) is 46.9. The van der Waals surface area contributed by atoms with Gasteiger partial charge in [0, 0.05) is 17.1 Å². The number of rotatable bonds is 1. The van der Waals surface area contributed by atoms with Gasteiger partial charge in [0.1, 0.15) is 0 Å². The Bertz CT molecular complexity index is 80.5. The van der Waals surface area contributed by atoms with Crippen molar-refractivity contribution in [3.8, 4) is 0 Å². The van der Waals surface area contributed by atoms with Gasteiger partial charge in [-0.2, -0.15) is 0 Å². The van der Waals surface area contributed by atoms with Gasteiger partial charge >= 0.3 is 0 Å². The van der Waals surface area contributed by atoms with Gasteiger partial charge in [0.25, 0.3) is 0 Å². The van der Waals surface area contributed by atoms with Crippen molar-refractivity contribution in [1.29, 1.82) is 0 Å². The first-order valence-electron chi connectivity index (χ1n) is 2.83. The Kier molecular flexibility index (Phi) is 967. The topological polar surface area (TPSA) is 102 Å². The molecule has 0 rings (SSSR count). The molecule has 1 radical (unpaired) electrons. The quantitative estimate of drug-likeness (QED) is 0.357. The van der Waals surface area contributed by atoms with E-state index in [2.05, 4.69) is 33.9 Å². The van der Waals surface area contributed by atoms with Crippen LogP contribution in [0.1, 0.15) is 13.8 Å². The summed E-state index contributed by atoms with van der Waals surface area (Å²) in [6.07, 6.45) is 1.78. The Balaban J connectivity index is -0.0000000130. The number of carbonyl (C=O) groups excluding carboxylic acids is 6. The monoisotopic (exact) mass is 271 g/mol.